The Morgan fingerprint density at radius 1 is 1.39 bits per heavy atom. The fraction of sp³-hybridized carbons (Fsp3) is 0.571. The summed E-state index contributed by atoms with van der Waals surface area (Å²) in [4.78, 5) is 0. The Morgan fingerprint density at radius 3 is 2.78 bits per heavy atom. The third-order valence-electron chi connectivity index (χ3n) is 3.39. The van der Waals surface area contributed by atoms with Crippen molar-refractivity contribution in [2.75, 3.05) is 31.8 Å². The van der Waals surface area contributed by atoms with E-state index in [2.05, 4.69) is 0 Å². The van der Waals surface area contributed by atoms with Gasteiger partial charge in [0.1, 0.15) is 0 Å². The first-order chi connectivity index (χ1) is 8.85. The lowest BCUT2D eigenvalue weighted by atomic mass is 9.93. The molecule has 100 valence electrons. The Hall–Kier alpha value is -0.870. The molecule has 0 bridgehead atoms. The predicted octanol–water partition coefficient (Wildman–Crippen LogP) is 2.44. The summed E-state index contributed by atoms with van der Waals surface area (Å²) in [5.74, 6) is 4.65. The standard InChI is InChI=1S/C14H20O3S/c1-16-13-4-2-3-5-14(13)17-9-12(8-15)11-6-7-18-10-11/h2-5,11-12,15H,6-10H2,1H3. The van der Waals surface area contributed by atoms with Crippen LogP contribution >= 0.6 is 11.8 Å². The van der Waals surface area contributed by atoms with Crippen molar-refractivity contribution in [3.8, 4) is 11.5 Å². The first-order valence-corrected chi connectivity index (χ1v) is 7.45. The minimum Gasteiger partial charge on any atom is -0.493 e. The van der Waals surface area contributed by atoms with E-state index in [-0.39, 0.29) is 12.5 Å². The van der Waals surface area contributed by atoms with Crippen LogP contribution in [0.1, 0.15) is 6.42 Å². The van der Waals surface area contributed by atoms with Gasteiger partial charge < -0.3 is 14.6 Å². The van der Waals surface area contributed by atoms with E-state index in [0.717, 1.165) is 17.3 Å². The maximum Gasteiger partial charge on any atom is 0.161 e. The van der Waals surface area contributed by atoms with Gasteiger partial charge in [-0.3, -0.25) is 0 Å². The number of aliphatic hydroxyl groups excluding tert-OH is 1. The lowest BCUT2D eigenvalue weighted by Crippen LogP contribution is -2.25. The lowest BCUT2D eigenvalue weighted by molar-refractivity contribution is 0.124. The van der Waals surface area contributed by atoms with Gasteiger partial charge >= 0.3 is 0 Å². The molecule has 2 rings (SSSR count). The van der Waals surface area contributed by atoms with Gasteiger partial charge in [0.05, 0.1) is 13.7 Å². The second kappa shape index (κ2) is 6.90. The summed E-state index contributed by atoms with van der Waals surface area (Å²) in [5.41, 5.74) is 0. The van der Waals surface area contributed by atoms with Gasteiger partial charge in [0.25, 0.3) is 0 Å². The van der Waals surface area contributed by atoms with Crippen molar-refractivity contribution in [2.45, 2.75) is 6.42 Å². The van der Waals surface area contributed by atoms with Crippen molar-refractivity contribution in [1.82, 2.24) is 0 Å². The molecule has 0 spiro atoms. The molecule has 1 aromatic carbocycles. The quantitative estimate of drug-likeness (QED) is 0.860. The third kappa shape index (κ3) is 3.33. The smallest absolute Gasteiger partial charge is 0.161 e. The van der Waals surface area contributed by atoms with Crippen molar-refractivity contribution >= 4 is 11.8 Å². The third-order valence-corrected chi connectivity index (χ3v) is 4.58. The number of rotatable bonds is 6. The minimum absolute atomic E-state index is 0.195. The highest BCUT2D eigenvalue weighted by Crippen LogP contribution is 2.31. The molecule has 0 amide bonds. The Labute approximate surface area is 112 Å². The predicted molar refractivity (Wildman–Crippen MR) is 74.5 cm³/mol. The number of hydrogen-bond donors (Lipinski definition) is 1. The molecular weight excluding hydrogens is 248 g/mol. The van der Waals surface area contributed by atoms with E-state index >= 15 is 0 Å². The molecule has 1 aliphatic heterocycles. The highest BCUT2D eigenvalue weighted by Gasteiger charge is 2.25. The number of aliphatic hydroxyl groups is 1. The highest BCUT2D eigenvalue weighted by molar-refractivity contribution is 7.99. The normalized spacial score (nSPS) is 20.7. The van der Waals surface area contributed by atoms with Crippen LogP contribution in [0.5, 0.6) is 11.5 Å². The first kappa shape index (κ1) is 13.6. The van der Waals surface area contributed by atoms with Crippen molar-refractivity contribution in [2.24, 2.45) is 11.8 Å². The molecule has 1 saturated heterocycles. The van der Waals surface area contributed by atoms with Crippen LogP contribution in [0.15, 0.2) is 24.3 Å². The molecule has 2 atom stereocenters. The summed E-state index contributed by atoms with van der Waals surface area (Å²) in [5, 5.41) is 9.47. The van der Waals surface area contributed by atoms with Crippen LogP contribution in [0.3, 0.4) is 0 Å². The van der Waals surface area contributed by atoms with Crippen LogP contribution < -0.4 is 9.47 Å². The van der Waals surface area contributed by atoms with E-state index in [1.807, 2.05) is 36.0 Å². The van der Waals surface area contributed by atoms with Gasteiger partial charge in [0.15, 0.2) is 11.5 Å². The van der Waals surface area contributed by atoms with Gasteiger partial charge in [-0.25, -0.2) is 0 Å². The topological polar surface area (TPSA) is 38.7 Å². The highest BCUT2D eigenvalue weighted by atomic mass is 32.2. The molecule has 0 aliphatic carbocycles. The summed E-state index contributed by atoms with van der Waals surface area (Å²) >= 11 is 1.96. The number of ether oxygens (including phenoxy) is 2. The summed E-state index contributed by atoms with van der Waals surface area (Å²) < 4.78 is 11.0. The van der Waals surface area contributed by atoms with Crippen molar-refractivity contribution in [1.29, 1.82) is 0 Å². The van der Waals surface area contributed by atoms with Gasteiger partial charge in [-0.1, -0.05) is 12.1 Å². The van der Waals surface area contributed by atoms with Gasteiger partial charge in [-0.15, -0.1) is 0 Å². The molecule has 1 fully saturated rings. The minimum atomic E-state index is 0.195. The van der Waals surface area contributed by atoms with Crippen molar-refractivity contribution in [3.63, 3.8) is 0 Å². The molecule has 1 heterocycles. The SMILES string of the molecule is COc1ccccc1OCC(CO)C1CCSC1. The van der Waals surface area contributed by atoms with Gasteiger partial charge in [0.2, 0.25) is 0 Å². The Morgan fingerprint density at radius 2 is 2.17 bits per heavy atom. The molecule has 3 nitrogen and oxygen atoms in total. The van der Waals surface area contributed by atoms with Crippen LogP contribution in [0, 0.1) is 11.8 Å². The molecule has 0 radical (unpaired) electrons. The average Bonchev–Trinajstić information content (AvgIpc) is 2.94. The molecule has 1 N–H and O–H groups in total. The summed E-state index contributed by atoms with van der Waals surface area (Å²) in [6.07, 6.45) is 1.19. The van der Waals surface area contributed by atoms with Crippen LogP contribution in [-0.4, -0.2) is 36.9 Å². The molecule has 18 heavy (non-hydrogen) atoms. The second-order valence-corrected chi connectivity index (χ2v) is 5.68. The van der Waals surface area contributed by atoms with E-state index in [9.17, 15) is 5.11 Å². The average molecular weight is 268 g/mol. The molecule has 1 aromatic rings. The second-order valence-electron chi connectivity index (χ2n) is 4.53. The zero-order valence-corrected chi connectivity index (χ0v) is 11.5. The van der Waals surface area contributed by atoms with E-state index in [1.54, 1.807) is 7.11 Å². The fourth-order valence-electron chi connectivity index (χ4n) is 2.20. The number of benzene rings is 1. The zero-order valence-electron chi connectivity index (χ0n) is 10.7. The van der Waals surface area contributed by atoms with Gasteiger partial charge in [-0.05, 0) is 36.0 Å². The Bertz CT molecular complexity index is 364. The largest absolute Gasteiger partial charge is 0.493 e. The van der Waals surface area contributed by atoms with Crippen LogP contribution in [0.4, 0.5) is 0 Å². The van der Waals surface area contributed by atoms with Crippen molar-refractivity contribution < 1.29 is 14.6 Å². The molecule has 0 aromatic heterocycles. The molecule has 1 aliphatic rings. The molecular formula is C14H20O3S. The monoisotopic (exact) mass is 268 g/mol. The molecule has 0 saturated carbocycles. The van der Waals surface area contributed by atoms with E-state index in [1.165, 1.54) is 12.2 Å². The van der Waals surface area contributed by atoms with E-state index < -0.39 is 0 Å². The first-order valence-electron chi connectivity index (χ1n) is 6.29. The van der Waals surface area contributed by atoms with Crippen LogP contribution in [-0.2, 0) is 0 Å². The molecule has 4 heteroatoms. The summed E-state index contributed by atoms with van der Waals surface area (Å²) in [7, 11) is 1.64. The Kier molecular flexibility index (Phi) is 5.20. The number of para-hydroxylation sites is 2. The number of thioether (sulfide) groups is 1. The van der Waals surface area contributed by atoms with Crippen LogP contribution in [0.2, 0.25) is 0 Å². The lowest BCUT2D eigenvalue weighted by Gasteiger charge is -2.21. The van der Waals surface area contributed by atoms with Crippen LogP contribution in [0.25, 0.3) is 0 Å². The van der Waals surface area contributed by atoms with Gasteiger partial charge in [0, 0.05) is 12.5 Å². The number of methoxy groups -OCH3 is 1. The Balaban J connectivity index is 1.92. The number of hydrogen-bond acceptors (Lipinski definition) is 4. The summed E-state index contributed by atoms with van der Waals surface area (Å²) in [6, 6.07) is 7.63. The van der Waals surface area contributed by atoms with E-state index in [0.29, 0.717) is 12.5 Å². The van der Waals surface area contributed by atoms with Gasteiger partial charge in [-0.2, -0.15) is 11.8 Å². The fourth-order valence-corrected chi connectivity index (χ4v) is 3.57. The van der Waals surface area contributed by atoms with Crippen molar-refractivity contribution in [3.05, 3.63) is 24.3 Å². The zero-order chi connectivity index (χ0) is 12.8. The van der Waals surface area contributed by atoms with E-state index in [4.69, 9.17) is 9.47 Å². The summed E-state index contributed by atoms with van der Waals surface area (Å²) in [6.45, 7) is 0.752. The molecule has 2 unspecified atom stereocenters. The maximum atomic E-state index is 9.47. The maximum absolute atomic E-state index is 9.47.